The van der Waals surface area contributed by atoms with Crippen molar-refractivity contribution in [1.29, 1.82) is 0 Å². The number of halogens is 2. The molecule has 0 aliphatic carbocycles. The van der Waals surface area contributed by atoms with E-state index in [0.717, 1.165) is 36.0 Å². The number of hydrogen-bond donors (Lipinski definition) is 3. The molecule has 0 spiro atoms. The van der Waals surface area contributed by atoms with E-state index in [2.05, 4.69) is 32.7 Å². The van der Waals surface area contributed by atoms with Gasteiger partial charge in [-0.25, -0.2) is 4.98 Å². The second kappa shape index (κ2) is 10.1. The Kier molecular flexibility index (Phi) is 7.05. The molecular weight excluding hydrogens is 463 g/mol. The van der Waals surface area contributed by atoms with Crippen LogP contribution in [-0.4, -0.2) is 26.7 Å². The highest BCUT2D eigenvalue weighted by atomic mass is 35.5. The number of phenols is 1. The monoisotopic (exact) mass is 482 g/mol. The zero-order chi connectivity index (χ0) is 22.5. The third kappa shape index (κ3) is 5.46. The first kappa shape index (κ1) is 22.3. The maximum absolute atomic E-state index is 9.79. The first-order valence-electron chi connectivity index (χ1n) is 10.0. The van der Waals surface area contributed by atoms with E-state index in [-0.39, 0.29) is 15.8 Å². The molecule has 1 heterocycles. The fourth-order valence-corrected chi connectivity index (χ4v) is 3.98. The molecule has 0 saturated carbocycles. The van der Waals surface area contributed by atoms with E-state index in [1.807, 2.05) is 36.4 Å². The van der Waals surface area contributed by atoms with Gasteiger partial charge in [0, 0.05) is 6.54 Å². The van der Waals surface area contributed by atoms with Gasteiger partial charge in [0.05, 0.1) is 27.3 Å². The highest BCUT2D eigenvalue weighted by Crippen LogP contribution is 2.36. The molecule has 3 N–H and O–H groups in total. The number of aromatic hydroxyl groups is 1. The Labute approximate surface area is 201 Å². The SMILES string of the molecule is Oc1c(Cl)cc(-c2ccc3ncc(NC(=S)NCCCc4ccccc4)nc3c2)cc1Cl. The predicted molar refractivity (Wildman–Crippen MR) is 136 cm³/mol. The topological polar surface area (TPSA) is 70.1 Å². The van der Waals surface area contributed by atoms with Gasteiger partial charge in [-0.1, -0.05) is 59.6 Å². The number of phenolic OH excluding ortho intramolecular Hbond substituents is 1. The number of nitrogens with zero attached hydrogens (tertiary/aromatic N) is 2. The number of hydrogen-bond acceptors (Lipinski definition) is 4. The van der Waals surface area contributed by atoms with Crippen LogP contribution in [0.3, 0.4) is 0 Å². The standard InChI is InChI=1S/C24H20Cl2N4OS/c25-18-11-17(12-19(26)23(18)31)16-8-9-20-21(13-16)29-22(14-28-20)30-24(32)27-10-4-7-15-5-2-1-3-6-15/h1-3,5-6,8-9,11-14,31H,4,7,10H2,(H2,27,29,30,32). The van der Waals surface area contributed by atoms with E-state index >= 15 is 0 Å². The fraction of sp³-hybridized carbons (Fsp3) is 0.125. The van der Waals surface area contributed by atoms with Gasteiger partial charge in [0.2, 0.25) is 0 Å². The fourth-order valence-electron chi connectivity index (χ4n) is 3.28. The molecule has 0 aliphatic heterocycles. The Morgan fingerprint density at radius 3 is 2.44 bits per heavy atom. The van der Waals surface area contributed by atoms with Crippen molar-refractivity contribution in [2.24, 2.45) is 0 Å². The van der Waals surface area contributed by atoms with Crippen molar-refractivity contribution >= 4 is 57.4 Å². The predicted octanol–water partition coefficient (Wildman–Crippen LogP) is 6.23. The Balaban J connectivity index is 1.42. The van der Waals surface area contributed by atoms with Crippen LogP contribution < -0.4 is 10.6 Å². The lowest BCUT2D eigenvalue weighted by Gasteiger charge is -2.11. The minimum atomic E-state index is -0.131. The summed E-state index contributed by atoms with van der Waals surface area (Å²) in [6.07, 6.45) is 3.60. The smallest absolute Gasteiger partial charge is 0.171 e. The Hall–Kier alpha value is -2.93. The molecule has 32 heavy (non-hydrogen) atoms. The zero-order valence-electron chi connectivity index (χ0n) is 17.0. The summed E-state index contributed by atoms with van der Waals surface area (Å²) >= 11 is 17.5. The van der Waals surface area contributed by atoms with E-state index in [0.29, 0.717) is 16.4 Å². The summed E-state index contributed by atoms with van der Waals surface area (Å²) in [5, 5.41) is 17.0. The third-order valence-electron chi connectivity index (χ3n) is 4.90. The molecule has 162 valence electrons. The lowest BCUT2D eigenvalue weighted by molar-refractivity contribution is 0.476. The summed E-state index contributed by atoms with van der Waals surface area (Å²) in [5.41, 5.74) is 4.38. The molecule has 0 amide bonds. The van der Waals surface area contributed by atoms with Gasteiger partial charge < -0.3 is 15.7 Å². The van der Waals surface area contributed by atoms with Gasteiger partial charge in [-0.05, 0) is 66.0 Å². The molecule has 8 heteroatoms. The average Bonchev–Trinajstić information content (AvgIpc) is 2.80. The molecule has 0 unspecified atom stereocenters. The molecule has 0 bridgehead atoms. The summed E-state index contributed by atoms with van der Waals surface area (Å²) in [5.74, 6) is 0.422. The maximum Gasteiger partial charge on any atom is 0.171 e. The summed E-state index contributed by atoms with van der Waals surface area (Å²) in [6, 6.07) is 19.3. The van der Waals surface area contributed by atoms with Crippen LogP contribution in [0.15, 0.2) is 66.9 Å². The number of thiocarbonyl (C=S) groups is 1. The molecule has 0 radical (unpaired) electrons. The van der Waals surface area contributed by atoms with E-state index in [1.54, 1.807) is 18.3 Å². The van der Waals surface area contributed by atoms with Crippen LogP contribution in [0.1, 0.15) is 12.0 Å². The maximum atomic E-state index is 9.79. The lowest BCUT2D eigenvalue weighted by atomic mass is 10.0. The lowest BCUT2D eigenvalue weighted by Crippen LogP contribution is -2.29. The van der Waals surface area contributed by atoms with Crippen molar-refractivity contribution in [2.75, 3.05) is 11.9 Å². The molecule has 1 aromatic heterocycles. The summed E-state index contributed by atoms with van der Waals surface area (Å²) < 4.78 is 0. The van der Waals surface area contributed by atoms with E-state index in [1.165, 1.54) is 5.56 Å². The van der Waals surface area contributed by atoms with Crippen molar-refractivity contribution in [2.45, 2.75) is 12.8 Å². The first-order chi connectivity index (χ1) is 15.5. The minimum Gasteiger partial charge on any atom is -0.505 e. The molecule has 3 aromatic carbocycles. The zero-order valence-corrected chi connectivity index (χ0v) is 19.3. The van der Waals surface area contributed by atoms with Crippen molar-refractivity contribution in [3.8, 4) is 16.9 Å². The second-order valence-electron chi connectivity index (χ2n) is 7.22. The quantitative estimate of drug-likeness (QED) is 0.223. The Morgan fingerprint density at radius 2 is 1.69 bits per heavy atom. The van der Waals surface area contributed by atoms with Crippen LogP contribution >= 0.6 is 35.4 Å². The van der Waals surface area contributed by atoms with Crippen molar-refractivity contribution < 1.29 is 5.11 Å². The van der Waals surface area contributed by atoms with E-state index < -0.39 is 0 Å². The van der Waals surface area contributed by atoms with Crippen LogP contribution in [0.5, 0.6) is 5.75 Å². The Morgan fingerprint density at radius 1 is 0.938 bits per heavy atom. The number of aromatic nitrogens is 2. The van der Waals surface area contributed by atoms with Crippen molar-refractivity contribution in [3.63, 3.8) is 0 Å². The summed E-state index contributed by atoms with van der Waals surface area (Å²) in [4.78, 5) is 9.07. The Bertz CT molecular complexity index is 1240. The first-order valence-corrected chi connectivity index (χ1v) is 11.2. The normalized spacial score (nSPS) is 10.8. The molecule has 0 aliphatic rings. The van der Waals surface area contributed by atoms with Crippen LogP contribution in [-0.2, 0) is 6.42 Å². The van der Waals surface area contributed by atoms with Crippen LogP contribution in [0.25, 0.3) is 22.2 Å². The van der Waals surface area contributed by atoms with Gasteiger partial charge in [-0.2, -0.15) is 0 Å². The van der Waals surface area contributed by atoms with Crippen LogP contribution in [0.4, 0.5) is 5.82 Å². The summed E-state index contributed by atoms with van der Waals surface area (Å²) in [6.45, 7) is 0.758. The van der Waals surface area contributed by atoms with Gasteiger partial charge in [-0.15, -0.1) is 0 Å². The van der Waals surface area contributed by atoms with Crippen LogP contribution in [0, 0.1) is 0 Å². The van der Waals surface area contributed by atoms with Gasteiger partial charge >= 0.3 is 0 Å². The largest absolute Gasteiger partial charge is 0.505 e. The highest BCUT2D eigenvalue weighted by Gasteiger charge is 2.10. The number of nitrogens with one attached hydrogen (secondary N) is 2. The van der Waals surface area contributed by atoms with Gasteiger partial charge in [0.1, 0.15) is 0 Å². The molecule has 5 nitrogen and oxygen atoms in total. The average molecular weight is 483 g/mol. The van der Waals surface area contributed by atoms with E-state index in [9.17, 15) is 5.11 Å². The highest BCUT2D eigenvalue weighted by molar-refractivity contribution is 7.80. The van der Waals surface area contributed by atoms with E-state index in [4.69, 9.17) is 35.4 Å². The minimum absolute atomic E-state index is 0.131. The number of benzene rings is 3. The summed E-state index contributed by atoms with van der Waals surface area (Å²) in [7, 11) is 0. The molecule has 0 atom stereocenters. The van der Waals surface area contributed by atoms with Crippen molar-refractivity contribution in [1.82, 2.24) is 15.3 Å². The van der Waals surface area contributed by atoms with Gasteiger partial charge in [0.15, 0.2) is 16.7 Å². The van der Waals surface area contributed by atoms with Gasteiger partial charge in [-0.3, -0.25) is 4.98 Å². The molecule has 0 fully saturated rings. The number of anilines is 1. The molecule has 4 aromatic rings. The number of rotatable bonds is 6. The third-order valence-corrected chi connectivity index (χ3v) is 5.73. The molecule has 0 saturated heterocycles. The number of aryl methyl sites for hydroxylation is 1. The molecular formula is C24H20Cl2N4OS. The van der Waals surface area contributed by atoms with Crippen molar-refractivity contribution in [3.05, 3.63) is 82.5 Å². The van der Waals surface area contributed by atoms with Gasteiger partial charge in [0.25, 0.3) is 0 Å². The molecule has 4 rings (SSSR count). The second-order valence-corrected chi connectivity index (χ2v) is 8.44. The number of fused-ring (bicyclic) bond motifs is 1. The van der Waals surface area contributed by atoms with Crippen LogP contribution in [0.2, 0.25) is 10.0 Å².